The molecule has 2 amide bonds. The monoisotopic (exact) mass is 574 g/mol. The van der Waals surface area contributed by atoms with Gasteiger partial charge in [0.1, 0.15) is 6.04 Å². The fourth-order valence-electron chi connectivity index (χ4n) is 6.33. The van der Waals surface area contributed by atoms with E-state index in [1.807, 2.05) is 83.8 Å². The molecule has 2 atom stereocenters. The number of carbonyl (C=O) groups is 2. The Morgan fingerprint density at radius 1 is 0.860 bits per heavy atom. The summed E-state index contributed by atoms with van der Waals surface area (Å²) in [6, 6.07) is 27.8. The lowest BCUT2D eigenvalue weighted by Crippen LogP contribution is -2.55. The van der Waals surface area contributed by atoms with Crippen LogP contribution in [0.4, 0.5) is 0 Å². The van der Waals surface area contributed by atoms with E-state index in [4.69, 9.17) is 18.9 Å². The lowest BCUT2D eigenvalue weighted by atomic mass is 9.74. The SMILES string of the molecule is COc1cc2c(cc1OC)C1=C(c3ccccc3)[C@@H](c3ccc4c(c3)OCO4)[C@@H](NC(=O)c3ccccc3)C(=O)N1CC2. The Morgan fingerprint density at radius 2 is 1.56 bits per heavy atom. The quantitative estimate of drug-likeness (QED) is 0.337. The lowest BCUT2D eigenvalue weighted by Gasteiger charge is -2.44. The van der Waals surface area contributed by atoms with Crippen molar-refractivity contribution in [1.29, 1.82) is 0 Å². The number of fused-ring (bicyclic) bond motifs is 4. The number of methoxy groups -OCH3 is 2. The zero-order valence-electron chi connectivity index (χ0n) is 23.8. The maximum absolute atomic E-state index is 14.6. The highest BCUT2D eigenvalue weighted by atomic mass is 16.7. The molecule has 8 nitrogen and oxygen atoms in total. The molecule has 7 rings (SSSR count). The normalized spacial score (nSPS) is 18.6. The number of hydrogen-bond donors (Lipinski definition) is 1. The molecule has 216 valence electrons. The highest BCUT2D eigenvalue weighted by Gasteiger charge is 2.46. The smallest absolute Gasteiger partial charge is 0.251 e. The molecule has 43 heavy (non-hydrogen) atoms. The van der Waals surface area contributed by atoms with Crippen molar-refractivity contribution in [3.05, 3.63) is 119 Å². The molecule has 0 aliphatic carbocycles. The van der Waals surface area contributed by atoms with E-state index < -0.39 is 12.0 Å². The van der Waals surface area contributed by atoms with Gasteiger partial charge in [-0.25, -0.2) is 0 Å². The summed E-state index contributed by atoms with van der Waals surface area (Å²) in [6.45, 7) is 0.588. The van der Waals surface area contributed by atoms with Crippen LogP contribution in [0.1, 0.15) is 38.5 Å². The zero-order valence-corrected chi connectivity index (χ0v) is 23.8. The number of carbonyl (C=O) groups excluding carboxylic acids is 2. The molecule has 0 saturated heterocycles. The van der Waals surface area contributed by atoms with Gasteiger partial charge in [0.05, 0.1) is 19.9 Å². The van der Waals surface area contributed by atoms with E-state index in [2.05, 4.69) is 5.32 Å². The first-order valence-corrected chi connectivity index (χ1v) is 14.2. The van der Waals surface area contributed by atoms with E-state index in [0.29, 0.717) is 41.5 Å². The van der Waals surface area contributed by atoms with E-state index in [9.17, 15) is 9.59 Å². The highest BCUT2D eigenvalue weighted by Crippen LogP contribution is 2.50. The molecule has 0 fully saturated rings. The van der Waals surface area contributed by atoms with Crippen LogP contribution < -0.4 is 24.3 Å². The van der Waals surface area contributed by atoms with Gasteiger partial charge < -0.3 is 29.2 Å². The van der Waals surface area contributed by atoms with Crippen molar-refractivity contribution in [2.75, 3.05) is 27.6 Å². The molecule has 8 heteroatoms. The van der Waals surface area contributed by atoms with Crippen molar-refractivity contribution in [3.8, 4) is 23.0 Å². The molecule has 3 aliphatic rings. The van der Waals surface area contributed by atoms with Gasteiger partial charge in [0, 0.05) is 23.6 Å². The lowest BCUT2D eigenvalue weighted by molar-refractivity contribution is -0.130. The summed E-state index contributed by atoms with van der Waals surface area (Å²) in [6.07, 6.45) is 0.626. The number of rotatable bonds is 6. The molecule has 0 aromatic heterocycles. The third-order valence-electron chi connectivity index (χ3n) is 8.33. The van der Waals surface area contributed by atoms with Gasteiger partial charge in [-0.15, -0.1) is 0 Å². The highest BCUT2D eigenvalue weighted by molar-refractivity contribution is 6.09. The predicted octanol–water partition coefficient (Wildman–Crippen LogP) is 5.28. The fourth-order valence-corrected chi connectivity index (χ4v) is 6.33. The molecule has 0 saturated carbocycles. The Labute approximate surface area is 249 Å². The van der Waals surface area contributed by atoms with Crippen LogP contribution >= 0.6 is 0 Å². The van der Waals surface area contributed by atoms with Crippen LogP contribution in [0.15, 0.2) is 91.0 Å². The Kier molecular flexibility index (Phi) is 6.74. The third-order valence-corrected chi connectivity index (χ3v) is 8.33. The Hall–Kier alpha value is -5.24. The van der Waals surface area contributed by atoms with Crippen LogP contribution in [0.3, 0.4) is 0 Å². The second kappa shape index (κ2) is 10.9. The van der Waals surface area contributed by atoms with Crippen LogP contribution in [0.2, 0.25) is 0 Å². The first kappa shape index (κ1) is 26.6. The van der Waals surface area contributed by atoms with Gasteiger partial charge in [0.2, 0.25) is 6.79 Å². The predicted molar refractivity (Wildman–Crippen MR) is 161 cm³/mol. The van der Waals surface area contributed by atoms with E-state index in [1.54, 1.807) is 26.4 Å². The third kappa shape index (κ3) is 4.55. The minimum Gasteiger partial charge on any atom is -0.493 e. The number of nitrogens with one attached hydrogen (secondary N) is 1. The topological polar surface area (TPSA) is 86.3 Å². The number of amides is 2. The van der Waals surface area contributed by atoms with Gasteiger partial charge in [0.25, 0.3) is 11.8 Å². The van der Waals surface area contributed by atoms with Gasteiger partial charge in [0.15, 0.2) is 23.0 Å². The minimum atomic E-state index is -0.881. The number of ether oxygens (including phenoxy) is 4. The van der Waals surface area contributed by atoms with Crippen molar-refractivity contribution in [3.63, 3.8) is 0 Å². The molecule has 3 heterocycles. The van der Waals surface area contributed by atoms with Crippen LogP contribution in [0.5, 0.6) is 23.0 Å². The summed E-state index contributed by atoms with van der Waals surface area (Å²) in [5.74, 6) is 1.43. The molecular weight excluding hydrogens is 544 g/mol. The summed E-state index contributed by atoms with van der Waals surface area (Å²) < 4.78 is 22.7. The van der Waals surface area contributed by atoms with Gasteiger partial charge in [-0.3, -0.25) is 9.59 Å². The van der Waals surface area contributed by atoms with Crippen LogP contribution in [0, 0.1) is 0 Å². The standard InChI is InChI=1S/C35H30N2O6/c1-40-27-17-23-15-16-37-33(25(23)19-28(27)41-2)31(21-9-5-3-6-10-21)30(24-13-14-26-29(18-24)43-20-42-26)32(35(37)39)36-34(38)22-11-7-4-8-12-22/h3-14,17-19,30,32H,15-16,20H2,1-2H3,(H,36,38)/t30-,32-/m1/s1. The van der Waals surface area contributed by atoms with Gasteiger partial charge >= 0.3 is 0 Å². The maximum Gasteiger partial charge on any atom is 0.251 e. The van der Waals surface area contributed by atoms with Crippen molar-refractivity contribution in [1.82, 2.24) is 10.2 Å². The summed E-state index contributed by atoms with van der Waals surface area (Å²) in [4.78, 5) is 30.0. The second-order valence-electron chi connectivity index (χ2n) is 10.6. The number of benzene rings is 4. The number of nitrogens with zero attached hydrogens (tertiary/aromatic N) is 1. The van der Waals surface area contributed by atoms with Crippen molar-refractivity contribution < 1.29 is 28.5 Å². The summed E-state index contributed by atoms with van der Waals surface area (Å²) >= 11 is 0. The molecule has 3 aliphatic heterocycles. The number of hydrogen-bond acceptors (Lipinski definition) is 6. The molecule has 0 spiro atoms. The Balaban J connectivity index is 1.49. The average Bonchev–Trinajstić information content (AvgIpc) is 3.53. The summed E-state index contributed by atoms with van der Waals surface area (Å²) in [5.41, 5.74) is 5.93. The van der Waals surface area contributed by atoms with Crippen LogP contribution in [-0.4, -0.2) is 50.3 Å². The average molecular weight is 575 g/mol. The second-order valence-corrected chi connectivity index (χ2v) is 10.6. The van der Waals surface area contributed by atoms with Crippen LogP contribution in [0.25, 0.3) is 11.3 Å². The maximum atomic E-state index is 14.6. The molecular formula is C35H30N2O6. The zero-order chi connectivity index (χ0) is 29.5. The van der Waals surface area contributed by atoms with E-state index >= 15 is 0 Å². The molecule has 0 radical (unpaired) electrons. The van der Waals surface area contributed by atoms with Crippen molar-refractivity contribution in [2.45, 2.75) is 18.4 Å². The molecule has 4 aromatic carbocycles. The first-order chi connectivity index (χ1) is 21.1. The molecule has 1 N–H and O–H groups in total. The summed E-state index contributed by atoms with van der Waals surface area (Å²) in [7, 11) is 3.22. The largest absolute Gasteiger partial charge is 0.493 e. The Bertz CT molecular complexity index is 1750. The van der Waals surface area contributed by atoms with Crippen molar-refractivity contribution >= 4 is 23.1 Å². The summed E-state index contributed by atoms with van der Waals surface area (Å²) in [5, 5.41) is 3.12. The van der Waals surface area contributed by atoms with E-state index in [0.717, 1.165) is 33.5 Å². The van der Waals surface area contributed by atoms with Crippen LogP contribution in [-0.2, 0) is 11.2 Å². The van der Waals surface area contributed by atoms with Gasteiger partial charge in [-0.2, -0.15) is 0 Å². The van der Waals surface area contributed by atoms with Gasteiger partial charge in [-0.1, -0.05) is 54.6 Å². The van der Waals surface area contributed by atoms with Crippen molar-refractivity contribution in [2.24, 2.45) is 0 Å². The first-order valence-electron chi connectivity index (χ1n) is 14.2. The minimum absolute atomic E-state index is 0.131. The fraction of sp³-hybridized carbons (Fsp3) is 0.200. The van der Waals surface area contributed by atoms with Gasteiger partial charge in [-0.05, 0) is 65.1 Å². The molecule has 0 unspecified atom stereocenters. The van der Waals surface area contributed by atoms with E-state index in [-0.39, 0.29) is 18.6 Å². The molecule has 0 bridgehead atoms. The molecule has 4 aromatic rings. The Morgan fingerprint density at radius 3 is 2.30 bits per heavy atom. The van der Waals surface area contributed by atoms with E-state index in [1.165, 1.54) is 0 Å².